The van der Waals surface area contributed by atoms with Crippen LogP contribution in [-0.4, -0.2) is 16.9 Å². The molecule has 1 unspecified atom stereocenters. The Kier molecular flexibility index (Phi) is 4.91. The molecule has 0 bridgehead atoms. The molecule has 2 aromatic heterocycles. The van der Waals surface area contributed by atoms with Crippen LogP contribution in [0.3, 0.4) is 0 Å². The predicted octanol–water partition coefficient (Wildman–Crippen LogP) is 3.46. The number of carbonyl (C=O) groups is 1. The Morgan fingerprint density at radius 1 is 1.12 bits per heavy atom. The van der Waals surface area contributed by atoms with Gasteiger partial charge in [0.05, 0.1) is 0 Å². The van der Waals surface area contributed by atoms with Gasteiger partial charge in [-0.3, -0.25) is 9.59 Å². The normalized spacial score (nSPS) is 11.9. The molecule has 1 amide bonds. The molecule has 1 aromatic carbocycles. The molecule has 5 heteroatoms. The van der Waals surface area contributed by atoms with Gasteiger partial charge in [0, 0.05) is 23.0 Å². The first kappa shape index (κ1) is 16.2. The number of aromatic amines is 1. The van der Waals surface area contributed by atoms with E-state index in [0.717, 1.165) is 12.0 Å². The van der Waals surface area contributed by atoms with Gasteiger partial charge in [0.15, 0.2) is 0 Å². The number of hydrogen-bond donors (Lipinski definition) is 2. The number of carbonyl (C=O) groups excluding carboxylic acids is 1. The van der Waals surface area contributed by atoms with Crippen molar-refractivity contribution < 1.29 is 4.79 Å². The van der Waals surface area contributed by atoms with Crippen LogP contribution < -0.4 is 10.9 Å². The fraction of sp³-hybridized carbons (Fsp3) is 0.158. The molecule has 0 spiro atoms. The number of benzene rings is 1. The van der Waals surface area contributed by atoms with E-state index >= 15 is 0 Å². The molecule has 0 aliphatic heterocycles. The second-order valence-corrected chi connectivity index (χ2v) is 6.67. The highest BCUT2D eigenvalue weighted by Crippen LogP contribution is 2.15. The topological polar surface area (TPSA) is 62.0 Å². The minimum absolute atomic E-state index is 0.0376. The van der Waals surface area contributed by atoms with Crippen molar-refractivity contribution in [3.63, 3.8) is 0 Å². The van der Waals surface area contributed by atoms with Gasteiger partial charge in [0.1, 0.15) is 5.56 Å². The van der Waals surface area contributed by atoms with Crippen LogP contribution in [0.1, 0.15) is 22.2 Å². The molecular formula is C19H18N2O2S. The molecular weight excluding hydrogens is 320 g/mol. The van der Waals surface area contributed by atoms with Gasteiger partial charge in [-0.15, -0.1) is 11.3 Å². The van der Waals surface area contributed by atoms with Gasteiger partial charge < -0.3 is 10.3 Å². The van der Waals surface area contributed by atoms with E-state index in [1.165, 1.54) is 4.88 Å². The van der Waals surface area contributed by atoms with E-state index in [9.17, 15) is 9.59 Å². The van der Waals surface area contributed by atoms with Gasteiger partial charge in [-0.25, -0.2) is 0 Å². The van der Waals surface area contributed by atoms with Crippen LogP contribution in [0.4, 0.5) is 0 Å². The molecule has 0 saturated carbocycles. The van der Waals surface area contributed by atoms with Crippen molar-refractivity contribution in [3.05, 3.63) is 80.8 Å². The molecule has 2 heterocycles. The Balaban J connectivity index is 1.72. The maximum absolute atomic E-state index is 12.3. The molecule has 1 atom stereocenters. The van der Waals surface area contributed by atoms with Gasteiger partial charge in [-0.2, -0.15) is 0 Å². The fourth-order valence-corrected chi connectivity index (χ4v) is 3.36. The molecule has 0 radical (unpaired) electrons. The molecule has 0 fully saturated rings. The summed E-state index contributed by atoms with van der Waals surface area (Å²) >= 11 is 1.66. The smallest absolute Gasteiger partial charge is 0.261 e. The number of H-pyrrole nitrogens is 1. The van der Waals surface area contributed by atoms with Crippen LogP contribution in [0, 0.1) is 0 Å². The van der Waals surface area contributed by atoms with Gasteiger partial charge in [-0.05, 0) is 36.1 Å². The Labute approximate surface area is 144 Å². The zero-order valence-electron chi connectivity index (χ0n) is 13.3. The average Bonchev–Trinajstić information content (AvgIpc) is 3.08. The molecule has 24 heavy (non-hydrogen) atoms. The van der Waals surface area contributed by atoms with Crippen LogP contribution in [-0.2, 0) is 6.42 Å². The SMILES string of the molecule is CC(Cc1cccs1)NC(=O)c1ccc(-c2ccccc2)[nH]c1=O. The first-order valence-electron chi connectivity index (χ1n) is 7.75. The zero-order chi connectivity index (χ0) is 16.9. The third-order valence-corrected chi connectivity index (χ3v) is 4.60. The molecule has 4 nitrogen and oxygen atoms in total. The number of thiophene rings is 1. The Hall–Kier alpha value is -2.66. The summed E-state index contributed by atoms with van der Waals surface area (Å²) in [5.74, 6) is -0.347. The largest absolute Gasteiger partial charge is 0.349 e. The summed E-state index contributed by atoms with van der Waals surface area (Å²) in [5.41, 5.74) is 1.36. The maximum atomic E-state index is 12.3. The monoisotopic (exact) mass is 338 g/mol. The Morgan fingerprint density at radius 2 is 1.92 bits per heavy atom. The van der Waals surface area contributed by atoms with Crippen LogP contribution in [0.15, 0.2) is 64.8 Å². The molecule has 2 N–H and O–H groups in total. The lowest BCUT2D eigenvalue weighted by Gasteiger charge is -2.13. The van der Waals surface area contributed by atoms with Crippen molar-refractivity contribution >= 4 is 17.2 Å². The quantitative estimate of drug-likeness (QED) is 0.748. The van der Waals surface area contributed by atoms with E-state index in [1.54, 1.807) is 23.5 Å². The van der Waals surface area contributed by atoms with Crippen molar-refractivity contribution in [2.45, 2.75) is 19.4 Å². The van der Waals surface area contributed by atoms with E-state index in [2.05, 4.69) is 10.3 Å². The van der Waals surface area contributed by atoms with Crippen molar-refractivity contribution in [2.75, 3.05) is 0 Å². The van der Waals surface area contributed by atoms with Gasteiger partial charge >= 0.3 is 0 Å². The van der Waals surface area contributed by atoms with E-state index < -0.39 is 0 Å². The molecule has 0 aliphatic carbocycles. The predicted molar refractivity (Wildman–Crippen MR) is 97.4 cm³/mol. The summed E-state index contributed by atoms with van der Waals surface area (Å²) in [4.78, 5) is 28.5. The fourth-order valence-electron chi connectivity index (χ4n) is 2.52. The zero-order valence-corrected chi connectivity index (χ0v) is 14.1. The van der Waals surface area contributed by atoms with Crippen LogP contribution in [0.2, 0.25) is 0 Å². The molecule has 122 valence electrons. The Bertz CT molecular complexity index is 870. The summed E-state index contributed by atoms with van der Waals surface area (Å²) in [6, 6.07) is 16.9. The summed E-state index contributed by atoms with van der Waals surface area (Å²) in [5, 5.41) is 4.89. The second-order valence-electron chi connectivity index (χ2n) is 5.64. The molecule has 0 aliphatic rings. The van der Waals surface area contributed by atoms with Crippen LogP contribution >= 0.6 is 11.3 Å². The molecule has 3 aromatic rings. The molecule has 3 rings (SSSR count). The highest BCUT2D eigenvalue weighted by Gasteiger charge is 2.14. The highest BCUT2D eigenvalue weighted by atomic mass is 32.1. The van der Waals surface area contributed by atoms with Crippen molar-refractivity contribution in [1.29, 1.82) is 0 Å². The van der Waals surface area contributed by atoms with Crippen molar-refractivity contribution in [1.82, 2.24) is 10.3 Å². The van der Waals surface area contributed by atoms with Crippen molar-refractivity contribution in [2.24, 2.45) is 0 Å². The third-order valence-electron chi connectivity index (χ3n) is 3.70. The minimum Gasteiger partial charge on any atom is -0.349 e. The van der Waals surface area contributed by atoms with Gasteiger partial charge in [0.2, 0.25) is 0 Å². The standard InChI is InChI=1S/C19H18N2O2S/c1-13(12-15-8-5-11-24-15)20-18(22)16-9-10-17(21-19(16)23)14-6-3-2-4-7-14/h2-11,13H,12H2,1H3,(H,20,22)(H,21,23). The number of hydrogen-bond acceptors (Lipinski definition) is 3. The van der Waals surface area contributed by atoms with Gasteiger partial charge in [-0.1, -0.05) is 36.4 Å². The molecule has 0 saturated heterocycles. The first-order valence-corrected chi connectivity index (χ1v) is 8.63. The summed E-state index contributed by atoms with van der Waals surface area (Å²) in [6.45, 7) is 1.93. The number of aromatic nitrogens is 1. The first-order chi connectivity index (χ1) is 11.6. The van der Waals surface area contributed by atoms with E-state index in [0.29, 0.717) is 5.69 Å². The Morgan fingerprint density at radius 3 is 2.58 bits per heavy atom. The minimum atomic E-state index is -0.378. The van der Waals surface area contributed by atoms with Gasteiger partial charge in [0.25, 0.3) is 11.5 Å². The van der Waals surface area contributed by atoms with Crippen molar-refractivity contribution in [3.8, 4) is 11.3 Å². The van der Waals surface area contributed by atoms with E-state index in [-0.39, 0.29) is 23.1 Å². The summed E-state index contributed by atoms with van der Waals surface area (Å²) < 4.78 is 0. The summed E-state index contributed by atoms with van der Waals surface area (Å²) in [6.07, 6.45) is 0.753. The maximum Gasteiger partial charge on any atom is 0.261 e. The third kappa shape index (κ3) is 3.81. The van der Waals surface area contributed by atoms with E-state index in [4.69, 9.17) is 0 Å². The number of pyridine rings is 1. The number of nitrogens with one attached hydrogen (secondary N) is 2. The lowest BCUT2D eigenvalue weighted by Crippen LogP contribution is -2.36. The number of rotatable bonds is 5. The van der Waals surface area contributed by atoms with Crippen LogP contribution in [0.25, 0.3) is 11.3 Å². The summed E-state index contributed by atoms with van der Waals surface area (Å²) in [7, 11) is 0. The lowest BCUT2D eigenvalue weighted by atomic mass is 10.1. The van der Waals surface area contributed by atoms with E-state index in [1.807, 2.05) is 54.8 Å². The highest BCUT2D eigenvalue weighted by molar-refractivity contribution is 7.09. The average molecular weight is 338 g/mol. The number of amides is 1. The van der Waals surface area contributed by atoms with Crippen LogP contribution in [0.5, 0.6) is 0 Å². The second kappa shape index (κ2) is 7.27. The lowest BCUT2D eigenvalue weighted by molar-refractivity contribution is 0.0938.